The lowest BCUT2D eigenvalue weighted by atomic mass is 10.1. The number of esters is 1. The minimum atomic E-state index is -0.662. The number of nitrogens with zero attached hydrogens (tertiary/aromatic N) is 2. The van der Waals surface area contributed by atoms with E-state index in [2.05, 4.69) is 5.32 Å². The van der Waals surface area contributed by atoms with Crippen molar-refractivity contribution in [2.75, 3.05) is 11.9 Å². The van der Waals surface area contributed by atoms with Gasteiger partial charge >= 0.3 is 5.97 Å². The summed E-state index contributed by atoms with van der Waals surface area (Å²) in [6, 6.07) is 9.78. The number of amides is 1. The van der Waals surface area contributed by atoms with Crippen LogP contribution in [0.4, 0.5) is 11.4 Å². The van der Waals surface area contributed by atoms with E-state index in [1.165, 1.54) is 12.1 Å². The number of para-hydroxylation sites is 1. The van der Waals surface area contributed by atoms with E-state index >= 15 is 0 Å². The number of furan rings is 1. The first-order valence-electron chi connectivity index (χ1n) is 9.18. The van der Waals surface area contributed by atoms with E-state index in [9.17, 15) is 19.7 Å². The van der Waals surface area contributed by atoms with Crippen LogP contribution < -0.4 is 5.32 Å². The number of nitro benzene ring substituents is 1. The zero-order chi connectivity index (χ0) is 21.8. The van der Waals surface area contributed by atoms with Crippen molar-refractivity contribution in [3.05, 3.63) is 81.1 Å². The lowest BCUT2D eigenvalue weighted by molar-refractivity contribution is -0.384. The molecule has 0 bridgehead atoms. The Bertz CT molecular complexity index is 1100. The number of benzene rings is 1. The van der Waals surface area contributed by atoms with Gasteiger partial charge in [-0.2, -0.15) is 0 Å². The molecule has 156 valence electrons. The second-order valence-electron chi connectivity index (χ2n) is 6.80. The molecular formula is C21H21N3O6. The van der Waals surface area contributed by atoms with Crippen molar-refractivity contribution >= 4 is 23.3 Å². The largest absolute Gasteiger partial charge is 0.467 e. The number of ether oxygens (including phenoxy) is 1. The molecule has 0 atom stereocenters. The average molecular weight is 411 g/mol. The van der Waals surface area contributed by atoms with Gasteiger partial charge in [0.25, 0.3) is 11.6 Å². The van der Waals surface area contributed by atoms with Crippen LogP contribution in [0.3, 0.4) is 0 Å². The fourth-order valence-corrected chi connectivity index (χ4v) is 3.16. The molecule has 0 saturated carbocycles. The van der Waals surface area contributed by atoms with Crippen LogP contribution >= 0.6 is 0 Å². The van der Waals surface area contributed by atoms with Gasteiger partial charge < -0.3 is 19.0 Å². The number of hydrogen-bond acceptors (Lipinski definition) is 6. The number of aryl methyl sites for hydroxylation is 2. The molecule has 0 aliphatic rings. The Balaban J connectivity index is 1.67. The van der Waals surface area contributed by atoms with E-state index in [1.807, 2.05) is 17.6 Å². The fourth-order valence-electron chi connectivity index (χ4n) is 3.16. The van der Waals surface area contributed by atoms with Crippen molar-refractivity contribution in [2.24, 2.45) is 0 Å². The molecule has 30 heavy (non-hydrogen) atoms. The summed E-state index contributed by atoms with van der Waals surface area (Å²) in [5.41, 5.74) is 2.26. The van der Waals surface area contributed by atoms with Crippen LogP contribution in [0, 0.1) is 30.9 Å². The maximum Gasteiger partial charge on any atom is 0.340 e. The minimum absolute atomic E-state index is 0.0835. The molecule has 0 spiro atoms. The molecule has 0 saturated heterocycles. The third-order valence-electron chi connectivity index (χ3n) is 4.73. The summed E-state index contributed by atoms with van der Waals surface area (Å²) in [5, 5.41) is 13.6. The molecule has 1 N–H and O–H groups in total. The molecule has 0 unspecified atom stereocenters. The molecule has 9 heteroatoms. The van der Waals surface area contributed by atoms with Gasteiger partial charge in [-0.1, -0.05) is 12.1 Å². The third kappa shape index (κ3) is 4.40. The normalized spacial score (nSPS) is 10.6. The zero-order valence-electron chi connectivity index (χ0n) is 16.8. The van der Waals surface area contributed by atoms with Gasteiger partial charge in [0.05, 0.1) is 23.3 Å². The fraction of sp³-hybridized carbons (Fsp3) is 0.238. The summed E-state index contributed by atoms with van der Waals surface area (Å²) in [4.78, 5) is 35.3. The smallest absolute Gasteiger partial charge is 0.340 e. The topological polar surface area (TPSA) is 117 Å². The van der Waals surface area contributed by atoms with Gasteiger partial charge in [-0.3, -0.25) is 14.9 Å². The first-order chi connectivity index (χ1) is 14.3. The number of anilines is 1. The Morgan fingerprint density at radius 3 is 2.63 bits per heavy atom. The monoisotopic (exact) mass is 411 g/mol. The van der Waals surface area contributed by atoms with Crippen molar-refractivity contribution in [1.29, 1.82) is 0 Å². The first-order valence-corrected chi connectivity index (χ1v) is 9.18. The highest BCUT2D eigenvalue weighted by Crippen LogP contribution is 2.27. The maximum absolute atomic E-state index is 12.5. The number of nitro groups is 1. The van der Waals surface area contributed by atoms with Crippen LogP contribution in [0.5, 0.6) is 0 Å². The van der Waals surface area contributed by atoms with Gasteiger partial charge in [-0.25, -0.2) is 4.79 Å². The van der Waals surface area contributed by atoms with Gasteiger partial charge in [0, 0.05) is 17.5 Å². The SMILES string of the molecule is Cc1cccc([N+](=O)[O-])c1NC(=O)COC(=O)c1cc(C)n(Cc2ccco2)c1C. The molecule has 2 heterocycles. The Hall–Kier alpha value is -3.88. The van der Waals surface area contributed by atoms with Crippen LogP contribution in [0.15, 0.2) is 47.1 Å². The molecule has 0 aliphatic carbocycles. The third-order valence-corrected chi connectivity index (χ3v) is 4.73. The average Bonchev–Trinajstić information content (AvgIpc) is 3.31. The summed E-state index contributed by atoms with van der Waals surface area (Å²) in [6.45, 7) is 5.18. The molecule has 0 aliphatic heterocycles. The van der Waals surface area contributed by atoms with Gasteiger partial charge in [-0.05, 0) is 44.5 Å². The minimum Gasteiger partial charge on any atom is -0.467 e. The quantitative estimate of drug-likeness (QED) is 0.359. The molecule has 1 aromatic carbocycles. The zero-order valence-corrected chi connectivity index (χ0v) is 16.8. The number of carbonyl (C=O) groups excluding carboxylic acids is 2. The Kier molecular flexibility index (Phi) is 6.01. The summed E-state index contributed by atoms with van der Waals surface area (Å²) < 4.78 is 12.4. The Morgan fingerprint density at radius 1 is 1.20 bits per heavy atom. The lowest BCUT2D eigenvalue weighted by Crippen LogP contribution is -2.22. The lowest BCUT2D eigenvalue weighted by Gasteiger charge is -2.10. The van der Waals surface area contributed by atoms with Gasteiger partial charge in [0.2, 0.25) is 0 Å². The highest BCUT2D eigenvalue weighted by atomic mass is 16.6. The van der Waals surface area contributed by atoms with E-state index in [1.54, 1.807) is 38.3 Å². The number of carbonyl (C=O) groups is 2. The second kappa shape index (κ2) is 8.64. The van der Waals surface area contributed by atoms with Crippen LogP contribution in [0.2, 0.25) is 0 Å². The Morgan fingerprint density at radius 2 is 1.97 bits per heavy atom. The van der Waals surface area contributed by atoms with Crippen LogP contribution in [0.1, 0.15) is 33.1 Å². The van der Waals surface area contributed by atoms with Crippen LogP contribution in [0.25, 0.3) is 0 Å². The summed E-state index contributed by atoms with van der Waals surface area (Å²) in [6.07, 6.45) is 1.58. The van der Waals surface area contributed by atoms with E-state index in [0.717, 1.165) is 11.5 Å². The molecule has 3 rings (SSSR count). The van der Waals surface area contributed by atoms with E-state index in [0.29, 0.717) is 23.4 Å². The van der Waals surface area contributed by atoms with E-state index < -0.39 is 23.4 Å². The van der Waals surface area contributed by atoms with Crippen molar-refractivity contribution < 1.29 is 23.7 Å². The van der Waals surface area contributed by atoms with Crippen molar-refractivity contribution in [1.82, 2.24) is 4.57 Å². The Labute approximate surface area is 172 Å². The number of hydrogen-bond donors (Lipinski definition) is 1. The molecule has 3 aromatic rings. The molecule has 9 nitrogen and oxygen atoms in total. The highest BCUT2D eigenvalue weighted by molar-refractivity contribution is 5.97. The number of aromatic nitrogens is 1. The van der Waals surface area contributed by atoms with Gasteiger partial charge in [0.1, 0.15) is 11.4 Å². The molecule has 2 aromatic heterocycles. The van der Waals surface area contributed by atoms with E-state index in [4.69, 9.17) is 9.15 Å². The number of nitrogens with one attached hydrogen (secondary N) is 1. The van der Waals surface area contributed by atoms with Crippen LogP contribution in [-0.2, 0) is 16.1 Å². The van der Waals surface area contributed by atoms with Crippen LogP contribution in [-0.4, -0.2) is 28.0 Å². The summed E-state index contributed by atoms with van der Waals surface area (Å²) >= 11 is 0. The van der Waals surface area contributed by atoms with Crippen molar-refractivity contribution in [3.8, 4) is 0 Å². The maximum atomic E-state index is 12.5. The standard InChI is InChI=1S/C21H21N3O6/c1-13-6-4-8-18(24(27)28)20(13)22-19(25)12-30-21(26)17-10-14(2)23(15(17)3)11-16-7-5-9-29-16/h4-10H,11-12H2,1-3H3,(H,22,25). The van der Waals surface area contributed by atoms with Crippen molar-refractivity contribution in [2.45, 2.75) is 27.3 Å². The van der Waals surface area contributed by atoms with Gasteiger partial charge in [0.15, 0.2) is 6.61 Å². The predicted molar refractivity (Wildman–Crippen MR) is 108 cm³/mol. The predicted octanol–water partition coefficient (Wildman–Crippen LogP) is 3.76. The van der Waals surface area contributed by atoms with Gasteiger partial charge in [-0.15, -0.1) is 0 Å². The second-order valence-corrected chi connectivity index (χ2v) is 6.80. The molecule has 0 fully saturated rings. The summed E-state index contributed by atoms with van der Waals surface area (Å²) in [5.74, 6) is -0.565. The number of rotatable bonds is 7. The molecule has 1 amide bonds. The highest BCUT2D eigenvalue weighted by Gasteiger charge is 2.21. The molecular weight excluding hydrogens is 390 g/mol. The molecule has 0 radical (unpaired) electrons. The van der Waals surface area contributed by atoms with Crippen molar-refractivity contribution in [3.63, 3.8) is 0 Å². The first kappa shape index (κ1) is 20.8. The summed E-state index contributed by atoms with van der Waals surface area (Å²) in [7, 11) is 0. The van der Waals surface area contributed by atoms with E-state index in [-0.39, 0.29) is 11.4 Å².